The zero-order valence-electron chi connectivity index (χ0n) is 21.8. The van der Waals surface area contributed by atoms with Crippen molar-refractivity contribution in [3.8, 4) is 17.1 Å². The third-order valence-corrected chi connectivity index (χ3v) is 6.42. The Morgan fingerprint density at radius 3 is 1.97 bits per heavy atom. The van der Waals surface area contributed by atoms with Gasteiger partial charge in [0.05, 0.1) is 11.1 Å². The number of unbranched alkanes of at least 4 members (excludes halogenated alkanes) is 8. The van der Waals surface area contributed by atoms with E-state index in [0.717, 1.165) is 31.2 Å². The molecule has 0 amide bonds. The molecule has 0 bridgehead atoms. The third kappa shape index (κ3) is 8.85. The Labute approximate surface area is 215 Å². The topological polar surface area (TPSA) is 52.1 Å². The number of rotatable bonds is 15. The van der Waals surface area contributed by atoms with Crippen LogP contribution in [0.4, 0.5) is 4.39 Å². The SMILES string of the molecule is CCCCCCCCc1cnc(-c2ccc(OC(=O)c3ccc(CCCCCC)cc3)cc2F)nc1. The van der Waals surface area contributed by atoms with Crippen molar-refractivity contribution in [2.24, 2.45) is 0 Å². The van der Waals surface area contributed by atoms with E-state index in [0.29, 0.717) is 11.4 Å². The summed E-state index contributed by atoms with van der Waals surface area (Å²) in [6, 6.07) is 11.8. The molecule has 0 fully saturated rings. The number of esters is 1. The van der Waals surface area contributed by atoms with Gasteiger partial charge in [0.15, 0.2) is 5.82 Å². The van der Waals surface area contributed by atoms with Gasteiger partial charge in [-0.15, -0.1) is 0 Å². The molecule has 0 spiro atoms. The molecule has 0 radical (unpaired) electrons. The molecule has 0 aliphatic rings. The van der Waals surface area contributed by atoms with Crippen LogP contribution >= 0.6 is 0 Å². The second-order valence-corrected chi connectivity index (χ2v) is 9.47. The van der Waals surface area contributed by atoms with E-state index >= 15 is 0 Å². The third-order valence-electron chi connectivity index (χ3n) is 6.42. The van der Waals surface area contributed by atoms with E-state index in [2.05, 4.69) is 23.8 Å². The first-order valence-corrected chi connectivity index (χ1v) is 13.5. The van der Waals surface area contributed by atoms with Crippen LogP contribution in [0.25, 0.3) is 11.4 Å². The molecule has 0 aliphatic heterocycles. The smallest absolute Gasteiger partial charge is 0.343 e. The van der Waals surface area contributed by atoms with Crippen LogP contribution < -0.4 is 4.74 Å². The fraction of sp³-hybridized carbons (Fsp3) is 0.452. The van der Waals surface area contributed by atoms with Gasteiger partial charge in [-0.1, -0.05) is 77.3 Å². The summed E-state index contributed by atoms with van der Waals surface area (Å²) in [5, 5.41) is 0. The van der Waals surface area contributed by atoms with Crippen molar-refractivity contribution >= 4 is 5.97 Å². The zero-order valence-corrected chi connectivity index (χ0v) is 21.8. The minimum atomic E-state index is -0.522. The van der Waals surface area contributed by atoms with E-state index in [1.807, 2.05) is 12.1 Å². The molecule has 3 aromatic rings. The first kappa shape index (κ1) is 27.5. The normalized spacial score (nSPS) is 11.0. The zero-order chi connectivity index (χ0) is 25.6. The molecule has 0 saturated heterocycles. The van der Waals surface area contributed by atoms with Gasteiger partial charge in [-0.05, 0) is 61.1 Å². The molecule has 0 N–H and O–H groups in total. The van der Waals surface area contributed by atoms with Gasteiger partial charge in [0.1, 0.15) is 11.6 Å². The molecule has 0 aliphatic carbocycles. The Hall–Kier alpha value is -3.08. The summed E-state index contributed by atoms with van der Waals surface area (Å²) in [5.41, 5.74) is 3.00. The average Bonchev–Trinajstić information content (AvgIpc) is 2.89. The highest BCUT2D eigenvalue weighted by molar-refractivity contribution is 5.91. The number of aryl methyl sites for hydroxylation is 2. The predicted molar refractivity (Wildman–Crippen MR) is 144 cm³/mol. The van der Waals surface area contributed by atoms with Crippen LogP contribution in [0.2, 0.25) is 0 Å². The maximum absolute atomic E-state index is 14.8. The number of benzene rings is 2. The molecule has 0 atom stereocenters. The van der Waals surface area contributed by atoms with Crippen molar-refractivity contribution in [2.45, 2.75) is 90.9 Å². The summed E-state index contributed by atoms with van der Waals surface area (Å²) >= 11 is 0. The minimum absolute atomic E-state index is 0.157. The maximum atomic E-state index is 14.8. The number of nitrogens with zero attached hydrogens (tertiary/aromatic N) is 2. The number of ether oxygens (including phenoxy) is 1. The van der Waals surface area contributed by atoms with E-state index in [1.54, 1.807) is 36.7 Å². The number of halogens is 1. The fourth-order valence-electron chi connectivity index (χ4n) is 4.20. The van der Waals surface area contributed by atoms with Gasteiger partial charge >= 0.3 is 5.97 Å². The van der Waals surface area contributed by atoms with Gasteiger partial charge in [-0.2, -0.15) is 0 Å². The molecule has 0 saturated carbocycles. The van der Waals surface area contributed by atoms with Gasteiger partial charge in [0, 0.05) is 18.5 Å². The lowest BCUT2D eigenvalue weighted by molar-refractivity contribution is 0.0734. The fourth-order valence-corrected chi connectivity index (χ4v) is 4.20. The highest BCUT2D eigenvalue weighted by Gasteiger charge is 2.13. The number of aromatic nitrogens is 2. The second-order valence-electron chi connectivity index (χ2n) is 9.47. The van der Waals surface area contributed by atoms with Crippen molar-refractivity contribution in [3.63, 3.8) is 0 Å². The average molecular weight is 491 g/mol. The van der Waals surface area contributed by atoms with Gasteiger partial charge in [-0.25, -0.2) is 19.2 Å². The second kappa shape index (κ2) is 15.1. The Balaban J connectivity index is 1.52. The van der Waals surface area contributed by atoms with Crippen LogP contribution in [0.15, 0.2) is 54.9 Å². The Morgan fingerprint density at radius 1 is 0.750 bits per heavy atom. The molecule has 2 aromatic carbocycles. The quantitative estimate of drug-likeness (QED) is 0.122. The molecule has 5 heteroatoms. The van der Waals surface area contributed by atoms with Gasteiger partial charge in [0.2, 0.25) is 0 Å². The van der Waals surface area contributed by atoms with E-state index in [9.17, 15) is 9.18 Å². The molecular formula is C31H39FN2O2. The van der Waals surface area contributed by atoms with E-state index in [-0.39, 0.29) is 11.3 Å². The van der Waals surface area contributed by atoms with Crippen molar-refractivity contribution in [1.82, 2.24) is 9.97 Å². The van der Waals surface area contributed by atoms with Crippen molar-refractivity contribution in [3.05, 3.63) is 77.4 Å². The van der Waals surface area contributed by atoms with Crippen molar-refractivity contribution in [1.29, 1.82) is 0 Å². The Morgan fingerprint density at radius 2 is 1.33 bits per heavy atom. The maximum Gasteiger partial charge on any atom is 0.343 e. The summed E-state index contributed by atoms with van der Waals surface area (Å²) < 4.78 is 20.2. The van der Waals surface area contributed by atoms with Crippen molar-refractivity contribution in [2.75, 3.05) is 0 Å². The predicted octanol–water partition coefficient (Wildman–Crippen LogP) is 8.53. The Bertz CT molecular complexity index is 1060. The molecule has 192 valence electrons. The monoisotopic (exact) mass is 490 g/mol. The van der Waals surface area contributed by atoms with Crippen LogP contribution in [0, 0.1) is 5.82 Å². The van der Waals surface area contributed by atoms with Gasteiger partial charge in [-0.3, -0.25) is 0 Å². The molecular weight excluding hydrogens is 451 g/mol. The minimum Gasteiger partial charge on any atom is -0.423 e. The molecule has 0 unspecified atom stereocenters. The van der Waals surface area contributed by atoms with Crippen LogP contribution in [-0.2, 0) is 12.8 Å². The number of hydrogen-bond acceptors (Lipinski definition) is 4. The van der Waals surface area contributed by atoms with E-state index in [1.165, 1.54) is 63.0 Å². The molecule has 3 rings (SSSR count). The van der Waals surface area contributed by atoms with Crippen LogP contribution in [-0.4, -0.2) is 15.9 Å². The summed E-state index contributed by atoms with van der Waals surface area (Å²) in [6.07, 6.45) is 17.7. The number of carbonyl (C=O) groups is 1. The largest absolute Gasteiger partial charge is 0.423 e. The standard InChI is InChI=1S/C31H39FN2O2/c1-3-5-7-9-10-12-14-25-22-33-30(34-23-25)28-20-19-27(21-29(28)32)36-31(35)26-17-15-24(16-18-26)13-11-8-6-4-2/h15-23H,3-14H2,1-2H3. The highest BCUT2D eigenvalue weighted by atomic mass is 19.1. The summed E-state index contributed by atoms with van der Waals surface area (Å²) in [4.78, 5) is 21.2. The summed E-state index contributed by atoms with van der Waals surface area (Å²) in [5.74, 6) is -0.544. The van der Waals surface area contributed by atoms with Crippen LogP contribution in [0.1, 0.15) is 99.5 Å². The molecule has 36 heavy (non-hydrogen) atoms. The van der Waals surface area contributed by atoms with E-state index < -0.39 is 11.8 Å². The lowest BCUT2D eigenvalue weighted by atomic mass is 10.0. The van der Waals surface area contributed by atoms with Crippen molar-refractivity contribution < 1.29 is 13.9 Å². The molecule has 4 nitrogen and oxygen atoms in total. The molecule has 1 aromatic heterocycles. The number of hydrogen-bond donors (Lipinski definition) is 0. The number of carbonyl (C=O) groups excluding carboxylic acids is 1. The highest BCUT2D eigenvalue weighted by Crippen LogP contribution is 2.24. The summed E-state index contributed by atoms with van der Waals surface area (Å²) in [6.45, 7) is 4.42. The van der Waals surface area contributed by atoms with Gasteiger partial charge < -0.3 is 4.74 Å². The first-order valence-electron chi connectivity index (χ1n) is 13.5. The molecule has 1 heterocycles. The lowest BCUT2D eigenvalue weighted by Gasteiger charge is -2.08. The van der Waals surface area contributed by atoms with Gasteiger partial charge in [0.25, 0.3) is 0 Å². The van der Waals surface area contributed by atoms with Crippen LogP contribution in [0.3, 0.4) is 0 Å². The Kier molecular flexibility index (Phi) is 11.6. The lowest BCUT2D eigenvalue weighted by Crippen LogP contribution is -2.09. The van der Waals surface area contributed by atoms with E-state index in [4.69, 9.17) is 4.74 Å². The first-order chi connectivity index (χ1) is 17.6. The van der Waals surface area contributed by atoms with Crippen LogP contribution in [0.5, 0.6) is 5.75 Å². The summed E-state index contributed by atoms with van der Waals surface area (Å²) in [7, 11) is 0.